The van der Waals surface area contributed by atoms with Crippen LogP contribution in [0.15, 0.2) is 54.7 Å². The van der Waals surface area contributed by atoms with Gasteiger partial charge in [-0.15, -0.1) is 5.10 Å². The molecule has 3 heterocycles. The van der Waals surface area contributed by atoms with Gasteiger partial charge < -0.3 is 15.5 Å². The number of halogens is 1. The number of fused-ring (bicyclic) bond motifs is 2. The Kier molecular flexibility index (Phi) is 7.97. The van der Waals surface area contributed by atoms with Crippen LogP contribution in [0.1, 0.15) is 46.4 Å². The lowest BCUT2D eigenvalue weighted by molar-refractivity contribution is -0.137. The summed E-state index contributed by atoms with van der Waals surface area (Å²) in [4.78, 5) is 42.4. The molecule has 1 atom stereocenters. The predicted octanol–water partition coefficient (Wildman–Crippen LogP) is 2.95. The number of carbonyl (C=O) groups excluding carboxylic acids is 3. The lowest BCUT2D eigenvalue weighted by Gasteiger charge is -2.41. The van der Waals surface area contributed by atoms with Crippen molar-refractivity contribution >= 4 is 29.3 Å². The Bertz CT molecular complexity index is 1330. The van der Waals surface area contributed by atoms with Crippen molar-refractivity contribution in [2.24, 2.45) is 5.41 Å². The van der Waals surface area contributed by atoms with E-state index in [-0.39, 0.29) is 17.7 Å². The van der Waals surface area contributed by atoms with Gasteiger partial charge in [-0.2, -0.15) is 0 Å². The number of hydrogen-bond donors (Lipinski definition) is 2. The first-order chi connectivity index (χ1) is 18.8. The second kappa shape index (κ2) is 11.6. The summed E-state index contributed by atoms with van der Waals surface area (Å²) >= 11 is 6.38. The number of rotatable bonds is 3. The van der Waals surface area contributed by atoms with Crippen molar-refractivity contribution < 1.29 is 14.4 Å². The van der Waals surface area contributed by atoms with Crippen LogP contribution < -0.4 is 10.6 Å². The lowest BCUT2D eigenvalue weighted by atomic mass is 9.73. The summed E-state index contributed by atoms with van der Waals surface area (Å²) < 4.78 is 1.76. The zero-order valence-corrected chi connectivity index (χ0v) is 22.8. The monoisotopic (exact) mass is 548 g/mol. The van der Waals surface area contributed by atoms with Crippen LogP contribution >= 0.6 is 11.6 Å². The number of nitrogens with one attached hydrogen (secondary N) is 2. The standard InChI is InChI=1S/C29H33ClN6O3/c1-20-7-5-10-23(30)25(20)27(38)35-15-11-29(12-16-35)18-22-19-36(34-33-22)14-6-13-31-26(37)24(32-28(29)39)17-21-8-3-2-4-9-21/h2-5,7-10,19,24H,6,11-18H2,1H3,(H,31,37)(H,32,39)/t24-/m0/s1. The van der Waals surface area contributed by atoms with Gasteiger partial charge in [0.15, 0.2) is 0 Å². The van der Waals surface area contributed by atoms with Gasteiger partial charge in [0, 0.05) is 45.2 Å². The number of amides is 3. The number of aromatic nitrogens is 3. The second-order valence-electron chi connectivity index (χ2n) is 10.5. The zero-order chi connectivity index (χ0) is 27.4. The molecule has 5 rings (SSSR count). The molecular formula is C29H33ClN6O3. The van der Waals surface area contributed by atoms with Crippen LogP contribution in [0.25, 0.3) is 0 Å². The van der Waals surface area contributed by atoms with E-state index in [0.29, 0.717) is 68.9 Å². The highest BCUT2D eigenvalue weighted by Gasteiger charge is 2.44. The van der Waals surface area contributed by atoms with E-state index < -0.39 is 11.5 Å². The molecule has 39 heavy (non-hydrogen) atoms. The Balaban J connectivity index is 1.40. The fourth-order valence-electron chi connectivity index (χ4n) is 5.50. The average Bonchev–Trinajstić information content (AvgIpc) is 3.37. The van der Waals surface area contributed by atoms with Crippen LogP contribution in [0.4, 0.5) is 0 Å². The maximum absolute atomic E-state index is 14.0. The number of likely N-dealkylation sites (tertiary alicyclic amines) is 1. The highest BCUT2D eigenvalue weighted by molar-refractivity contribution is 6.34. The maximum atomic E-state index is 14.0. The summed E-state index contributed by atoms with van der Waals surface area (Å²) in [5.41, 5.74) is 2.17. The zero-order valence-electron chi connectivity index (χ0n) is 22.0. The molecule has 10 heteroatoms. The van der Waals surface area contributed by atoms with Crippen LogP contribution in [0.5, 0.6) is 0 Å². The minimum absolute atomic E-state index is 0.134. The van der Waals surface area contributed by atoms with Gasteiger partial charge >= 0.3 is 0 Å². The first-order valence-corrected chi connectivity index (χ1v) is 13.8. The van der Waals surface area contributed by atoms with Crippen LogP contribution in [-0.2, 0) is 29.0 Å². The lowest BCUT2D eigenvalue weighted by Crippen LogP contribution is -2.56. The Hall–Kier alpha value is -3.72. The third-order valence-electron chi connectivity index (χ3n) is 7.80. The highest BCUT2D eigenvalue weighted by Crippen LogP contribution is 2.36. The molecule has 0 radical (unpaired) electrons. The number of aryl methyl sites for hydroxylation is 2. The summed E-state index contributed by atoms with van der Waals surface area (Å²) in [7, 11) is 0. The molecule has 2 aliphatic rings. The topological polar surface area (TPSA) is 109 Å². The van der Waals surface area contributed by atoms with E-state index in [1.807, 2.05) is 55.6 Å². The van der Waals surface area contributed by atoms with Crippen molar-refractivity contribution in [3.05, 3.63) is 82.1 Å². The second-order valence-corrected chi connectivity index (χ2v) is 10.9. The molecule has 3 amide bonds. The van der Waals surface area contributed by atoms with Gasteiger partial charge in [0.2, 0.25) is 11.8 Å². The van der Waals surface area contributed by atoms with Gasteiger partial charge in [-0.3, -0.25) is 19.1 Å². The fourth-order valence-corrected chi connectivity index (χ4v) is 5.81. The van der Waals surface area contributed by atoms with Crippen LogP contribution in [0.2, 0.25) is 5.02 Å². The van der Waals surface area contributed by atoms with Crippen molar-refractivity contribution in [1.29, 1.82) is 0 Å². The number of benzene rings is 2. The molecule has 3 aromatic rings. The average molecular weight is 549 g/mol. The Morgan fingerprint density at radius 3 is 2.59 bits per heavy atom. The molecule has 1 fully saturated rings. The first-order valence-electron chi connectivity index (χ1n) is 13.4. The predicted molar refractivity (Wildman–Crippen MR) is 147 cm³/mol. The molecule has 0 saturated carbocycles. The third kappa shape index (κ3) is 5.98. The van der Waals surface area contributed by atoms with Crippen molar-refractivity contribution in [3.8, 4) is 0 Å². The van der Waals surface area contributed by atoms with E-state index in [1.165, 1.54) is 0 Å². The highest BCUT2D eigenvalue weighted by atomic mass is 35.5. The number of piperidine rings is 1. The van der Waals surface area contributed by atoms with Gasteiger partial charge in [0.05, 0.1) is 21.7 Å². The van der Waals surface area contributed by atoms with Gasteiger partial charge in [-0.05, 0) is 43.4 Å². The van der Waals surface area contributed by atoms with Crippen molar-refractivity contribution in [1.82, 2.24) is 30.5 Å². The molecule has 1 spiro atoms. The van der Waals surface area contributed by atoms with E-state index in [1.54, 1.807) is 15.6 Å². The molecule has 9 nitrogen and oxygen atoms in total. The third-order valence-corrected chi connectivity index (χ3v) is 8.11. The van der Waals surface area contributed by atoms with Crippen molar-refractivity contribution in [3.63, 3.8) is 0 Å². The smallest absolute Gasteiger partial charge is 0.255 e. The fraction of sp³-hybridized carbons (Fsp3) is 0.414. The largest absolute Gasteiger partial charge is 0.354 e. The van der Waals surface area contributed by atoms with Gasteiger partial charge in [0.1, 0.15) is 6.04 Å². The molecule has 204 valence electrons. The van der Waals surface area contributed by atoms with E-state index in [0.717, 1.165) is 16.8 Å². The van der Waals surface area contributed by atoms with Crippen molar-refractivity contribution in [2.45, 2.75) is 51.6 Å². The quantitative estimate of drug-likeness (QED) is 0.523. The van der Waals surface area contributed by atoms with Crippen LogP contribution in [0, 0.1) is 12.3 Å². The van der Waals surface area contributed by atoms with E-state index in [9.17, 15) is 14.4 Å². The summed E-state index contributed by atoms with van der Waals surface area (Å²) in [6, 6.07) is 14.4. The minimum atomic E-state index is -0.837. The Morgan fingerprint density at radius 2 is 1.85 bits per heavy atom. The van der Waals surface area contributed by atoms with Crippen LogP contribution in [-0.4, -0.2) is 63.3 Å². The van der Waals surface area contributed by atoms with Crippen LogP contribution in [0.3, 0.4) is 0 Å². The summed E-state index contributed by atoms with van der Waals surface area (Å²) in [6.45, 7) is 3.74. The Labute approximate surface area is 232 Å². The molecule has 2 aromatic carbocycles. The SMILES string of the molecule is Cc1cccc(Cl)c1C(=O)N1CCC2(CC1)Cc1cn(nn1)CCCNC(=O)[C@H](Cc1ccccc1)NC2=O. The molecule has 2 aliphatic heterocycles. The molecule has 1 saturated heterocycles. The van der Waals surface area contributed by atoms with E-state index in [4.69, 9.17) is 11.6 Å². The summed E-state index contributed by atoms with van der Waals surface area (Å²) in [6.07, 6.45) is 4.21. The van der Waals surface area contributed by atoms with Crippen molar-refractivity contribution in [2.75, 3.05) is 19.6 Å². The molecule has 2 bridgehead atoms. The Morgan fingerprint density at radius 1 is 1.08 bits per heavy atom. The summed E-state index contributed by atoms with van der Waals surface area (Å²) in [5.74, 6) is -0.541. The number of hydrogen-bond acceptors (Lipinski definition) is 5. The number of carbonyl (C=O) groups is 3. The normalized spacial score (nSPS) is 19.8. The molecular weight excluding hydrogens is 516 g/mol. The van der Waals surface area contributed by atoms with E-state index >= 15 is 0 Å². The molecule has 0 aliphatic carbocycles. The number of nitrogens with zero attached hydrogens (tertiary/aromatic N) is 4. The summed E-state index contributed by atoms with van der Waals surface area (Å²) in [5, 5.41) is 15.0. The first kappa shape index (κ1) is 26.9. The molecule has 0 unspecified atom stereocenters. The minimum Gasteiger partial charge on any atom is -0.354 e. The van der Waals surface area contributed by atoms with Gasteiger partial charge in [0.25, 0.3) is 5.91 Å². The van der Waals surface area contributed by atoms with E-state index in [2.05, 4.69) is 20.9 Å². The molecule has 1 aromatic heterocycles. The van der Waals surface area contributed by atoms with Gasteiger partial charge in [-0.25, -0.2) is 0 Å². The molecule has 2 N–H and O–H groups in total. The maximum Gasteiger partial charge on any atom is 0.255 e. The van der Waals surface area contributed by atoms with Gasteiger partial charge in [-0.1, -0.05) is 59.3 Å².